The number of para-hydroxylation sites is 1. The summed E-state index contributed by atoms with van der Waals surface area (Å²) in [5.74, 6) is -0.493. The summed E-state index contributed by atoms with van der Waals surface area (Å²) in [6.07, 6.45) is 0. The molecule has 0 atom stereocenters. The molecule has 0 bridgehead atoms. The highest BCUT2D eigenvalue weighted by molar-refractivity contribution is 6.17. The fourth-order valence-electron chi connectivity index (χ4n) is 2.45. The van der Waals surface area contributed by atoms with E-state index in [2.05, 4.69) is 15.2 Å². The predicted octanol–water partition coefficient (Wildman–Crippen LogP) is 3.22. The Labute approximate surface area is 107 Å². The summed E-state index contributed by atoms with van der Waals surface area (Å²) in [4.78, 5) is 16.1. The summed E-state index contributed by atoms with van der Waals surface area (Å²) >= 11 is 0. The number of rotatable bonds is 1. The van der Waals surface area contributed by atoms with Crippen LogP contribution in [0.1, 0.15) is 10.4 Å². The van der Waals surface area contributed by atoms with E-state index in [-0.39, 0.29) is 0 Å². The van der Waals surface area contributed by atoms with E-state index in [0.717, 1.165) is 27.7 Å². The molecule has 90 valence electrons. The average Bonchev–Trinajstić information content (AvgIpc) is 2.84. The number of carbonyl (C=O) groups is 1. The van der Waals surface area contributed by atoms with E-state index in [1.165, 1.54) is 0 Å². The fourth-order valence-corrected chi connectivity index (χ4v) is 2.45. The van der Waals surface area contributed by atoms with E-state index in [4.69, 9.17) is 5.73 Å². The number of hydrogen-bond donors (Lipinski definition) is 1. The van der Waals surface area contributed by atoms with Crippen molar-refractivity contribution in [2.24, 2.45) is 16.0 Å². The summed E-state index contributed by atoms with van der Waals surface area (Å²) in [5, 5.41) is 10.1. The zero-order valence-electron chi connectivity index (χ0n) is 9.79. The van der Waals surface area contributed by atoms with Crippen molar-refractivity contribution in [3.63, 3.8) is 0 Å². The van der Waals surface area contributed by atoms with Gasteiger partial charge >= 0.3 is 0 Å². The third-order valence-electron chi connectivity index (χ3n) is 3.31. The van der Waals surface area contributed by atoms with Gasteiger partial charge in [-0.2, -0.15) is 0 Å². The van der Waals surface area contributed by atoms with E-state index in [1.54, 1.807) is 12.1 Å². The number of carbonyl (C=O) groups excluding carboxylic acids is 1. The van der Waals surface area contributed by atoms with Gasteiger partial charge in [0.1, 0.15) is 5.69 Å². The van der Waals surface area contributed by atoms with Crippen LogP contribution in [0.25, 0.3) is 21.8 Å². The van der Waals surface area contributed by atoms with Crippen molar-refractivity contribution in [1.29, 1.82) is 0 Å². The molecule has 0 saturated carbocycles. The summed E-state index contributed by atoms with van der Waals surface area (Å²) in [6, 6.07) is 11.1. The minimum atomic E-state index is -0.493. The third kappa shape index (κ3) is 1.24. The second-order valence-corrected chi connectivity index (χ2v) is 4.40. The number of pyridine rings is 1. The van der Waals surface area contributed by atoms with Crippen molar-refractivity contribution in [3.05, 3.63) is 42.0 Å². The van der Waals surface area contributed by atoms with Crippen molar-refractivity contribution in [2.75, 3.05) is 0 Å². The number of aromatic nitrogens is 1. The van der Waals surface area contributed by atoms with E-state index in [0.29, 0.717) is 11.1 Å². The average molecular weight is 248 g/mol. The molecule has 0 aliphatic carbocycles. The van der Waals surface area contributed by atoms with Crippen LogP contribution in [0.15, 0.2) is 46.6 Å². The standard InChI is InChI=1S/C14H8N4O/c15-14(19)8-5-6-10-11-12(8)16-9-4-2-1-3-7(9)13(11)18-17-10/h1-6H,(H2,15,19). The Morgan fingerprint density at radius 1 is 1.05 bits per heavy atom. The number of nitrogens with two attached hydrogens (primary N) is 1. The van der Waals surface area contributed by atoms with Crippen molar-refractivity contribution in [3.8, 4) is 0 Å². The van der Waals surface area contributed by atoms with Gasteiger partial charge in [0.05, 0.1) is 27.7 Å². The molecule has 2 N–H and O–H groups in total. The van der Waals surface area contributed by atoms with Crippen LogP contribution >= 0.6 is 0 Å². The van der Waals surface area contributed by atoms with Crippen LogP contribution in [0.3, 0.4) is 0 Å². The van der Waals surface area contributed by atoms with Crippen molar-refractivity contribution < 1.29 is 4.79 Å². The zero-order chi connectivity index (χ0) is 13.0. The molecule has 5 heteroatoms. The highest BCUT2D eigenvalue weighted by Crippen LogP contribution is 2.44. The van der Waals surface area contributed by atoms with Gasteiger partial charge in [-0.1, -0.05) is 18.2 Å². The first-order chi connectivity index (χ1) is 9.25. The fraction of sp³-hybridized carbons (Fsp3) is 0. The molecule has 0 unspecified atom stereocenters. The second-order valence-electron chi connectivity index (χ2n) is 4.40. The maximum atomic E-state index is 11.5. The van der Waals surface area contributed by atoms with Crippen LogP contribution in [0.2, 0.25) is 0 Å². The molecule has 0 fully saturated rings. The topological polar surface area (TPSA) is 80.7 Å². The first kappa shape index (κ1) is 10.1. The Hall–Kier alpha value is -2.82. The van der Waals surface area contributed by atoms with Crippen molar-refractivity contribution in [2.45, 2.75) is 0 Å². The molecule has 0 spiro atoms. The Kier molecular flexibility index (Phi) is 1.79. The maximum Gasteiger partial charge on any atom is 0.250 e. The van der Waals surface area contributed by atoms with Gasteiger partial charge in [-0.15, -0.1) is 10.2 Å². The number of fused-ring (bicyclic) bond motifs is 2. The smallest absolute Gasteiger partial charge is 0.250 e. The molecule has 1 aliphatic rings. The Balaban J connectivity index is 2.31. The summed E-state index contributed by atoms with van der Waals surface area (Å²) in [7, 11) is 0. The van der Waals surface area contributed by atoms with Crippen molar-refractivity contribution in [1.82, 2.24) is 4.98 Å². The SMILES string of the molecule is NC(=O)c1ccc2c3c(c4ccccc4nc13)N=N2. The maximum absolute atomic E-state index is 11.5. The molecule has 0 radical (unpaired) electrons. The number of azo groups is 1. The second kappa shape index (κ2) is 3.35. The van der Waals surface area contributed by atoms with E-state index < -0.39 is 5.91 Å². The largest absolute Gasteiger partial charge is 0.366 e. The number of nitrogens with zero attached hydrogens (tertiary/aromatic N) is 3. The molecule has 2 heterocycles. The van der Waals surface area contributed by atoms with Gasteiger partial charge < -0.3 is 5.73 Å². The quantitative estimate of drug-likeness (QED) is 0.525. The normalized spacial score (nSPS) is 12.4. The first-order valence-electron chi connectivity index (χ1n) is 5.83. The van der Waals surface area contributed by atoms with Crippen LogP contribution in [0, 0.1) is 0 Å². The third-order valence-corrected chi connectivity index (χ3v) is 3.31. The van der Waals surface area contributed by atoms with Crippen LogP contribution in [-0.4, -0.2) is 10.9 Å². The number of hydrogen-bond acceptors (Lipinski definition) is 4. The Morgan fingerprint density at radius 2 is 1.89 bits per heavy atom. The molecule has 1 amide bonds. The minimum absolute atomic E-state index is 0.401. The molecule has 19 heavy (non-hydrogen) atoms. The monoisotopic (exact) mass is 248 g/mol. The van der Waals surface area contributed by atoms with Crippen molar-refractivity contribution >= 4 is 39.1 Å². The lowest BCUT2D eigenvalue weighted by molar-refractivity contribution is 0.100. The van der Waals surface area contributed by atoms with Gasteiger partial charge in [-0.25, -0.2) is 4.98 Å². The number of benzene rings is 2. The molecule has 5 nitrogen and oxygen atoms in total. The summed E-state index contributed by atoms with van der Waals surface area (Å²) < 4.78 is 0. The van der Waals surface area contributed by atoms with Gasteiger partial charge in [0.25, 0.3) is 5.91 Å². The molecule has 0 saturated heterocycles. The van der Waals surface area contributed by atoms with Crippen LogP contribution in [0.4, 0.5) is 11.4 Å². The lowest BCUT2D eigenvalue weighted by atomic mass is 10.0. The lowest BCUT2D eigenvalue weighted by Gasteiger charge is -2.06. The van der Waals surface area contributed by atoms with Gasteiger partial charge in [0.2, 0.25) is 0 Å². The van der Waals surface area contributed by atoms with Crippen LogP contribution < -0.4 is 5.73 Å². The predicted molar refractivity (Wildman–Crippen MR) is 71.9 cm³/mol. The van der Waals surface area contributed by atoms with E-state index >= 15 is 0 Å². The van der Waals surface area contributed by atoms with E-state index in [9.17, 15) is 4.79 Å². The molecule has 1 aromatic heterocycles. The van der Waals surface area contributed by atoms with Gasteiger partial charge in [-0.05, 0) is 18.2 Å². The van der Waals surface area contributed by atoms with Gasteiger partial charge in [0, 0.05) is 5.39 Å². The highest BCUT2D eigenvalue weighted by Gasteiger charge is 2.20. The zero-order valence-corrected chi connectivity index (χ0v) is 9.79. The van der Waals surface area contributed by atoms with Gasteiger partial charge in [-0.3, -0.25) is 4.79 Å². The summed E-state index contributed by atoms with van der Waals surface area (Å²) in [5.41, 5.74) is 8.65. The highest BCUT2D eigenvalue weighted by atomic mass is 16.1. The summed E-state index contributed by atoms with van der Waals surface area (Å²) in [6.45, 7) is 0. The molecular weight excluding hydrogens is 240 g/mol. The first-order valence-corrected chi connectivity index (χ1v) is 5.83. The van der Waals surface area contributed by atoms with Gasteiger partial charge in [0.15, 0.2) is 0 Å². The van der Waals surface area contributed by atoms with Crippen LogP contribution in [0.5, 0.6) is 0 Å². The molecule has 4 rings (SSSR count). The number of primary amides is 1. The van der Waals surface area contributed by atoms with Crippen LogP contribution in [-0.2, 0) is 0 Å². The van der Waals surface area contributed by atoms with E-state index in [1.807, 2.05) is 24.3 Å². The molecular formula is C14H8N4O. The Bertz CT molecular complexity index is 899. The Morgan fingerprint density at radius 3 is 2.74 bits per heavy atom. The molecule has 3 aromatic rings. The minimum Gasteiger partial charge on any atom is -0.366 e. The molecule has 2 aromatic carbocycles. The number of amides is 1. The lowest BCUT2D eigenvalue weighted by Crippen LogP contribution is -2.11. The molecule has 1 aliphatic heterocycles.